The molecule has 0 bridgehead atoms. The standard InChI is InChI=1S/C14H19N5O/c1-4-20-13-11(6-5-8-15-13)10-17-14-16-9-7-12(18-14)19(2)3/h5-9H,4,10H2,1-3H3,(H,16,17,18). The molecule has 1 N–H and O–H groups in total. The summed E-state index contributed by atoms with van der Waals surface area (Å²) >= 11 is 0. The van der Waals surface area contributed by atoms with Crippen LogP contribution in [0, 0.1) is 0 Å². The SMILES string of the molecule is CCOc1ncccc1CNc1nccc(N(C)C)n1. The van der Waals surface area contributed by atoms with Crippen molar-refractivity contribution in [3.05, 3.63) is 36.2 Å². The molecule has 0 aromatic carbocycles. The van der Waals surface area contributed by atoms with Crippen molar-refractivity contribution in [1.82, 2.24) is 15.0 Å². The number of nitrogens with one attached hydrogen (secondary N) is 1. The molecule has 0 spiro atoms. The molecule has 0 saturated heterocycles. The Bertz CT molecular complexity index is 559. The van der Waals surface area contributed by atoms with Crippen molar-refractivity contribution in [1.29, 1.82) is 0 Å². The topological polar surface area (TPSA) is 63.2 Å². The Morgan fingerprint density at radius 2 is 2.05 bits per heavy atom. The number of hydrogen-bond donors (Lipinski definition) is 1. The monoisotopic (exact) mass is 273 g/mol. The van der Waals surface area contributed by atoms with E-state index in [2.05, 4.69) is 20.3 Å². The van der Waals surface area contributed by atoms with Gasteiger partial charge in [0.2, 0.25) is 11.8 Å². The van der Waals surface area contributed by atoms with Gasteiger partial charge in [-0.1, -0.05) is 6.07 Å². The number of hydrogen-bond acceptors (Lipinski definition) is 6. The molecule has 0 aliphatic rings. The van der Waals surface area contributed by atoms with Crippen LogP contribution in [0.5, 0.6) is 5.88 Å². The molecule has 0 saturated carbocycles. The van der Waals surface area contributed by atoms with Crippen molar-refractivity contribution in [3.63, 3.8) is 0 Å². The molecule has 2 rings (SSSR count). The minimum absolute atomic E-state index is 0.569. The van der Waals surface area contributed by atoms with Crippen molar-refractivity contribution in [3.8, 4) is 5.88 Å². The second kappa shape index (κ2) is 6.70. The fraction of sp³-hybridized carbons (Fsp3) is 0.357. The summed E-state index contributed by atoms with van der Waals surface area (Å²) < 4.78 is 5.49. The number of pyridine rings is 1. The molecule has 2 aromatic rings. The van der Waals surface area contributed by atoms with Gasteiger partial charge in [-0.3, -0.25) is 0 Å². The van der Waals surface area contributed by atoms with Crippen LogP contribution < -0.4 is 15.0 Å². The first-order chi connectivity index (χ1) is 9.70. The first-order valence-electron chi connectivity index (χ1n) is 6.51. The third kappa shape index (κ3) is 3.57. The van der Waals surface area contributed by atoms with Crippen molar-refractivity contribution in [2.24, 2.45) is 0 Å². The van der Waals surface area contributed by atoms with E-state index in [1.165, 1.54) is 0 Å². The summed E-state index contributed by atoms with van der Waals surface area (Å²) in [6.07, 6.45) is 3.45. The molecule has 0 amide bonds. The van der Waals surface area contributed by atoms with E-state index in [4.69, 9.17) is 4.74 Å². The highest BCUT2D eigenvalue weighted by Gasteiger charge is 2.05. The average molecular weight is 273 g/mol. The first kappa shape index (κ1) is 14.0. The van der Waals surface area contributed by atoms with Gasteiger partial charge in [-0.25, -0.2) is 9.97 Å². The zero-order chi connectivity index (χ0) is 14.4. The van der Waals surface area contributed by atoms with Gasteiger partial charge in [0.05, 0.1) is 6.61 Å². The quantitative estimate of drug-likeness (QED) is 0.868. The van der Waals surface area contributed by atoms with Gasteiger partial charge in [-0.05, 0) is 19.1 Å². The van der Waals surface area contributed by atoms with E-state index in [9.17, 15) is 0 Å². The lowest BCUT2D eigenvalue weighted by Gasteiger charge is -2.13. The molecule has 106 valence electrons. The number of nitrogens with zero attached hydrogens (tertiary/aromatic N) is 4. The summed E-state index contributed by atoms with van der Waals surface area (Å²) in [5, 5.41) is 3.19. The predicted molar refractivity (Wildman–Crippen MR) is 79.1 cm³/mol. The Morgan fingerprint density at radius 1 is 1.20 bits per heavy atom. The Balaban J connectivity index is 2.07. The fourth-order valence-electron chi connectivity index (χ4n) is 1.68. The van der Waals surface area contributed by atoms with Gasteiger partial charge in [0.15, 0.2) is 0 Å². The average Bonchev–Trinajstić information content (AvgIpc) is 2.47. The van der Waals surface area contributed by atoms with Crippen LogP contribution in [0.3, 0.4) is 0 Å². The third-order valence-corrected chi connectivity index (χ3v) is 2.67. The number of rotatable bonds is 6. The molecule has 0 unspecified atom stereocenters. The normalized spacial score (nSPS) is 10.2. The van der Waals surface area contributed by atoms with Crippen LogP contribution in [0.25, 0.3) is 0 Å². The first-order valence-corrected chi connectivity index (χ1v) is 6.51. The van der Waals surface area contributed by atoms with Crippen molar-refractivity contribution >= 4 is 11.8 Å². The lowest BCUT2D eigenvalue weighted by atomic mass is 10.2. The van der Waals surface area contributed by atoms with Crippen LogP contribution in [0.15, 0.2) is 30.6 Å². The number of anilines is 2. The van der Waals surface area contributed by atoms with Crippen molar-refractivity contribution < 1.29 is 4.74 Å². The van der Waals surface area contributed by atoms with Gasteiger partial charge in [-0.2, -0.15) is 4.98 Å². The van der Waals surface area contributed by atoms with E-state index < -0.39 is 0 Å². The predicted octanol–water partition coefficient (Wildman–Crippen LogP) is 1.95. The highest BCUT2D eigenvalue weighted by Crippen LogP contribution is 2.16. The highest BCUT2D eigenvalue weighted by molar-refractivity contribution is 5.41. The Hall–Kier alpha value is -2.37. The van der Waals surface area contributed by atoms with Gasteiger partial charge >= 0.3 is 0 Å². The minimum Gasteiger partial charge on any atom is -0.478 e. The zero-order valence-electron chi connectivity index (χ0n) is 12.0. The fourth-order valence-corrected chi connectivity index (χ4v) is 1.68. The molecule has 2 aromatic heterocycles. The van der Waals surface area contributed by atoms with Gasteiger partial charge in [0.25, 0.3) is 0 Å². The summed E-state index contributed by atoms with van der Waals surface area (Å²) in [6, 6.07) is 5.72. The van der Waals surface area contributed by atoms with E-state index >= 15 is 0 Å². The molecule has 20 heavy (non-hydrogen) atoms. The summed E-state index contributed by atoms with van der Waals surface area (Å²) in [6.45, 7) is 3.10. The minimum atomic E-state index is 0.569. The van der Waals surface area contributed by atoms with Gasteiger partial charge < -0.3 is 15.0 Å². The summed E-state index contributed by atoms with van der Waals surface area (Å²) in [5.41, 5.74) is 0.980. The molecular weight excluding hydrogens is 254 g/mol. The van der Waals surface area contributed by atoms with Crippen LogP contribution >= 0.6 is 0 Å². The van der Waals surface area contributed by atoms with Crippen LogP contribution in [0.4, 0.5) is 11.8 Å². The molecule has 6 nitrogen and oxygen atoms in total. The van der Waals surface area contributed by atoms with Crippen LogP contribution in [0.1, 0.15) is 12.5 Å². The number of ether oxygens (including phenoxy) is 1. The zero-order valence-corrected chi connectivity index (χ0v) is 12.0. The third-order valence-electron chi connectivity index (χ3n) is 2.67. The summed E-state index contributed by atoms with van der Waals surface area (Å²) in [4.78, 5) is 14.8. The van der Waals surface area contributed by atoms with E-state index in [1.807, 2.05) is 44.1 Å². The van der Waals surface area contributed by atoms with Crippen LogP contribution in [-0.2, 0) is 6.54 Å². The Morgan fingerprint density at radius 3 is 2.80 bits per heavy atom. The van der Waals surface area contributed by atoms with E-state index in [0.717, 1.165) is 11.4 Å². The van der Waals surface area contributed by atoms with Crippen LogP contribution in [-0.4, -0.2) is 35.7 Å². The molecule has 0 aliphatic heterocycles. The van der Waals surface area contributed by atoms with Gasteiger partial charge in [0, 0.05) is 38.6 Å². The van der Waals surface area contributed by atoms with Crippen molar-refractivity contribution in [2.75, 3.05) is 30.9 Å². The van der Waals surface area contributed by atoms with Gasteiger partial charge in [-0.15, -0.1) is 0 Å². The number of aromatic nitrogens is 3. The van der Waals surface area contributed by atoms with E-state index in [1.54, 1.807) is 12.4 Å². The molecule has 2 heterocycles. The molecule has 0 radical (unpaired) electrons. The maximum absolute atomic E-state index is 5.49. The maximum Gasteiger partial charge on any atom is 0.224 e. The Labute approximate surface area is 118 Å². The van der Waals surface area contributed by atoms with Crippen LogP contribution in [0.2, 0.25) is 0 Å². The maximum atomic E-state index is 5.49. The molecule has 0 fully saturated rings. The van der Waals surface area contributed by atoms with E-state index in [0.29, 0.717) is 25.0 Å². The van der Waals surface area contributed by atoms with Crippen molar-refractivity contribution in [2.45, 2.75) is 13.5 Å². The summed E-state index contributed by atoms with van der Waals surface area (Å²) in [5.74, 6) is 2.09. The van der Waals surface area contributed by atoms with E-state index in [-0.39, 0.29) is 0 Å². The Kier molecular flexibility index (Phi) is 4.70. The summed E-state index contributed by atoms with van der Waals surface area (Å²) in [7, 11) is 3.89. The lowest BCUT2D eigenvalue weighted by molar-refractivity contribution is 0.323. The molecular formula is C14H19N5O. The molecule has 0 aliphatic carbocycles. The molecule has 0 atom stereocenters. The second-order valence-electron chi connectivity index (χ2n) is 4.39. The molecule has 6 heteroatoms. The van der Waals surface area contributed by atoms with Gasteiger partial charge in [0.1, 0.15) is 5.82 Å². The largest absolute Gasteiger partial charge is 0.478 e. The second-order valence-corrected chi connectivity index (χ2v) is 4.39. The smallest absolute Gasteiger partial charge is 0.224 e. The highest BCUT2D eigenvalue weighted by atomic mass is 16.5. The lowest BCUT2D eigenvalue weighted by Crippen LogP contribution is -2.13.